The van der Waals surface area contributed by atoms with Crippen LogP contribution in [-0.2, 0) is 9.59 Å². The highest BCUT2D eigenvalue weighted by Gasteiger charge is 2.32. The molecule has 0 spiro atoms. The van der Waals surface area contributed by atoms with Crippen LogP contribution in [0.25, 0.3) is 0 Å². The van der Waals surface area contributed by atoms with E-state index in [0.717, 1.165) is 57.5 Å². The maximum atomic E-state index is 12.5. The van der Waals surface area contributed by atoms with E-state index in [1.54, 1.807) is 0 Å². The number of hydrogen-bond acceptors (Lipinski definition) is 3. The van der Waals surface area contributed by atoms with Gasteiger partial charge in [0.15, 0.2) is 0 Å². The lowest BCUT2D eigenvalue weighted by Crippen LogP contribution is -2.48. The number of anilines is 1. The lowest BCUT2D eigenvalue weighted by atomic mass is 9.94. The first-order valence-electron chi connectivity index (χ1n) is 9.45. The molecule has 3 rings (SSSR count). The molecule has 5 heteroatoms. The van der Waals surface area contributed by atoms with Gasteiger partial charge in [-0.05, 0) is 64.8 Å². The number of nitrogens with one attached hydrogen (secondary N) is 1. The zero-order chi connectivity index (χ0) is 17.8. The van der Waals surface area contributed by atoms with Crippen molar-refractivity contribution in [2.45, 2.75) is 45.6 Å². The molecule has 136 valence electrons. The van der Waals surface area contributed by atoms with Crippen LogP contribution in [-0.4, -0.2) is 53.8 Å². The van der Waals surface area contributed by atoms with Crippen molar-refractivity contribution in [1.29, 1.82) is 0 Å². The molecule has 25 heavy (non-hydrogen) atoms. The van der Waals surface area contributed by atoms with Gasteiger partial charge in [0.2, 0.25) is 11.8 Å². The number of piperidine rings is 1. The van der Waals surface area contributed by atoms with Gasteiger partial charge in [-0.25, -0.2) is 0 Å². The van der Waals surface area contributed by atoms with Crippen molar-refractivity contribution in [3.05, 3.63) is 29.8 Å². The minimum absolute atomic E-state index is 0.0215. The van der Waals surface area contributed by atoms with Crippen LogP contribution in [0.15, 0.2) is 24.3 Å². The molecule has 2 amide bonds. The van der Waals surface area contributed by atoms with Gasteiger partial charge in [0.1, 0.15) is 0 Å². The summed E-state index contributed by atoms with van der Waals surface area (Å²) in [7, 11) is 0. The fourth-order valence-corrected chi connectivity index (χ4v) is 3.78. The van der Waals surface area contributed by atoms with Gasteiger partial charge in [-0.1, -0.05) is 17.7 Å². The first-order valence-corrected chi connectivity index (χ1v) is 9.45. The Labute approximate surface area is 150 Å². The maximum absolute atomic E-state index is 12.5. The molecule has 1 N–H and O–H groups in total. The number of carbonyl (C=O) groups is 2. The van der Waals surface area contributed by atoms with E-state index in [1.807, 2.05) is 43.0 Å². The molecular weight excluding hydrogens is 314 g/mol. The Kier molecular flexibility index (Phi) is 5.74. The van der Waals surface area contributed by atoms with Crippen LogP contribution in [0, 0.1) is 12.8 Å². The number of rotatable bonds is 4. The number of aryl methyl sites for hydroxylation is 1. The smallest absolute Gasteiger partial charge is 0.241 e. The highest BCUT2D eigenvalue weighted by Crippen LogP contribution is 2.23. The topological polar surface area (TPSA) is 52.7 Å². The van der Waals surface area contributed by atoms with E-state index < -0.39 is 0 Å². The molecule has 2 fully saturated rings. The molecule has 0 saturated carbocycles. The molecule has 0 radical (unpaired) electrons. The quantitative estimate of drug-likeness (QED) is 0.914. The standard InChI is InChI=1S/C20H29N3O2/c1-15-5-7-18(8-6-15)21-19(24)16(2)22-13-9-17(10-14-22)20(25)23-11-3-4-12-23/h5-8,16-17H,3-4,9-14H2,1-2H3,(H,21,24)/t16-/m0/s1. The monoisotopic (exact) mass is 343 g/mol. The summed E-state index contributed by atoms with van der Waals surface area (Å²) in [5.41, 5.74) is 2.01. The van der Waals surface area contributed by atoms with Crippen LogP contribution >= 0.6 is 0 Å². The molecule has 0 aromatic heterocycles. The minimum Gasteiger partial charge on any atom is -0.342 e. The van der Waals surface area contributed by atoms with Crippen molar-refractivity contribution in [3.8, 4) is 0 Å². The first kappa shape index (κ1) is 17.9. The molecule has 2 aliphatic heterocycles. The molecule has 2 aliphatic rings. The third kappa shape index (κ3) is 4.40. The fourth-order valence-electron chi connectivity index (χ4n) is 3.78. The highest BCUT2D eigenvalue weighted by atomic mass is 16.2. The maximum Gasteiger partial charge on any atom is 0.241 e. The summed E-state index contributed by atoms with van der Waals surface area (Å²) in [6.45, 7) is 7.45. The van der Waals surface area contributed by atoms with Crippen molar-refractivity contribution in [2.24, 2.45) is 5.92 Å². The fraction of sp³-hybridized carbons (Fsp3) is 0.600. The van der Waals surface area contributed by atoms with Crippen LogP contribution in [0.1, 0.15) is 38.2 Å². The van der Waals surface area contributed by atoms with Crippen molar-refractivity contribution in [3.63, 3.8) is 0 Å². The molecular formula is C20H29N3O2. The van der Waals surface area contributed by atoms with E-state index in [2.05, 4.69) is 10.2 Å². The van der Waals surface area contributed by atoms with Gasteiger partial charge in [-0.3, -0.25) is 14.5 Å². The zero-order valence-electron chi connectivity index (χ0n) is 15.3. The highest BCUT2D eigenvalue weighted by molar-refractivity contribution is 5.94. The van der Waals surface area contributed by atoms with Crippen LogP contribution in [0.4, 0.5) is 5.69 Å². The average molecular weight is 343 g/mol. The van der Waals surface area contributed by atoms with Crippen LogP contribution in [0.2, 0.25) is 0 Å². The lowest BCUT2D eigenvalue weighted by Gasteiger charge is -2.36. The number of likely N-dealkylation sites (tertiary alicyclic amines) is 2. The van der Waals surface area contributed by atoms with E-state index in [9.17, 15) is 9.59 Å². The summed E-state index contributed by atoms with van der Waals surface area (Å²) in [6, 6.07) is 7.68. The van der Waals surface area contributed by atoms with Gasteiger partial charge in [0, 0.05) is 24.7 Å². The van der Waals surface area contributed by atoms with Crippen molar-refractivity contribution < 1.29 is 9.59 Å². The molecule has 2 saturated heterocycles. The Hall–Kier alpha value is -1.88. The van der Waals surface area contributed by atoms with Crippen molar-refractivity contribution >= 4 is 17.5 Å². The number of hydrogen-bond donors (Lipinski definition) is 1. The third-order valence-corrected chi connectivity index (χ3v) is 5.54. The van der Waals surface area contributed by atoms with Gasteiger partial charge >= 0.3 is 0 Å². The molecule has 0 aliphatic carbocycles. The number of nitrogens with zero attached hydrogens (tertiary/aromatic N) is 2. The van der Waals surface area contributed by atoms with E-state index in [4.69, 9.17) is 0 Å². The molecule has 1 aromatic carbocycles. The molecule has 0 bridgehead atoms. The summed E-state index contributed by atoms with van der Waals surface area (Å²) in [4.78, 5) is 29.2. The second kappa shape index (κ2) is 8.00. The lowest BCUT2D eigenvalue weighted by molar-refractivity contribution is -0.136. The Bertz CT molecular complexity index is 600. The molecule has 2 heterocycles. The van der Waals surface area contributed by atoms with Crippen LogP contribution < -0.4 is 5.32 Å². The van der Waals surface area contributed by atoms with Gasteiger partial charge < -0.3 is 10.2 Å². The second-order valence-corrected chi connectivity index (χ2v) is 7.37. The van der Waals surface area contributed by atoms with E-state index in [-0.39, 0.29) is 17.9 Å². The van der Waals surface area contributed by atoms with Crippen LogP contribution in [0.5, 0.6) is 0 Å². The Morgan fingerprint density at radius 2 is 1.64 bits per heavy atom. The van der Waals surface area contributed by atoms with Gasteiger partial charge in [-0.2, -0.15) is 0 Å². The summed E-state index contributed by atoms with van der Waals surface area (Å²) in [6.07, 6.45) is 4.00. The summed E-state index contributed by atoms with van der Waals surface area (Å²) in [5, 5.41) is 2.99. The Morgan fingerprint density at radius 1 is 1.04 bits per heavy atom. The molecule has 1 atom stereocenters. The van der Waals surface area contributed by atoms with Crippen molar-refractivity contribution in [2.75, 3.05) is 31.5 Å². The Morgan fingerprint density at radius 3 is 2.24 bits per heavy atom. The van der Waals surface area contributed by atoms with E-state index in [1.165, 1.54) is 5.56 Å². The zero-order valence-corrected chi connectivity index (χ0v) is 15.3. The largest absolute Gasteiger partial charge is 0.342 e. The summed E-state index contributed by atoms with van der Waals surface area (Å²) in [5.74, 6) is 0.490. The minimum atomic E-state index is -0.177. The second-order valence-electron chi connectivity index (χ2n) is 7.37. The third-order valence-electron chi connectivity index (χ3n) is 5.54. The van der Waals surface area contributed by atoms with Gasteiger partial charge in [0.25, 0.3) is 0 Å². The number of amides is 2. The average Bonchev–Trinajstić information content (AvgIpc) is 3.17. The number of benzene rings is 1. The molecule has 5 nitrogen and oxygen atoms in total. The van der Waals surface area contributed by atoms with Crippen molar-refractivity contribution in [1.82, 2.24) is 9.80 Å². The number of carbonyl (C=O) groups excluding carboxylic acids is 2. The van der Waals surface area contributed by atoms with Gasteiger partial charge in [-0.15, -0.1) is 0 Å². The Balaban J connectivity index is 1.48. The van der Waals surface area contributed by atoms with Crippen LogP contribution in [0.3, 0.4) is 0 Å². The van der Waals surface area contributed by atoms with E-state index in [0.29, 0.717) is 5.91 Å². The SMILES string of the molecule is Cc1ccc(NC(=O)[C@H](C)N2CCC(C(=O)N3CCCC3)CC2)cc1. The first-order chi connectivity index (χ1) is 12.0. The predicted molar refractivity (Wildman–Crippen MR) is 99.4 cm³/mol. The molecule has 1 aromatic rings. The van der Waals surface area contributed by atoms with E-state index >= 15 is 0 Å². The summed E-state index contributed by atoms with van der Waals surface area (Å²) < 4.78 is 0. The normalized spacial score (nSPS) is 20.5. The molecule has 0 unspecified atom stereocenters. The van der Waals surface area contributed by atoms with Gasteiger partial charge in [0.05, 0.1) is 6.04 Å². The summed E-state index contributed by atoms with van der Waals surface area (Å²) >= 11 is 0. The predicted octanol–water partition coefficient (Wildman–Crippen LogP) is 2.66.